The van der Waals surface area contributed by atoms with Gasteiger partial charge in [-0.05, 0) is 24.3 Å². The van der Waals surface area contributed by atoms with E-state index in [-0.39, 0.29) is 0 Å². The van der Waals surface area contributed by atoms with Crippen LogP contribution in [-0.2, 0) is 0 Å². The number of fused-ring (bicyclic) bond motifs is 2. The van der Waals surface area contributed by atoms with Crippen molar-refractivity contribution in [3.8, 4) is 11.3 Å². The summed E-state index contributed by atoms with van der Waals surface area (Å²) < 4.78 is 0. The zero-order chi connectivity index (χ0) is 17.3. The maximum absolute atomic E-state index is 4.83. The average Bonchev–Trinajstić information content (AvgIpc) is 3.11. The van der Waals surface area contributed by atoms with Crippen molar-refractivity contribution in [2.75, 3.05) is 5.32 Å². The van der Waals surface area contributed by atoms with E-state index in [9.17, 15) is 0 Å². The van der Waals surface area contributed by atoms with E-state index < -0.39 is 0 Å². The molecule has 124 valence electrons. The maximum Gasteiger partial charge on any atom is 0.160 e. The van der Waals surface area contributed by atoms with E-state index in [2.05, 4.69) is 45.8 Å². The first-order chi connectivity index (χ1) is 12.9. The normalized spacial score (nSPS) is 11.1. The van der Waals surface area contributed by atoms with Gasteiger partial charge in [-0.1, -0.05) is 60.7 Å². The fourth-order valence-corrected chi connectivity index (χ4v) is 3.22. The molecular weight excluding hydrogens is 320 g/mol. The largest absolute Gasteiger partial charge is 0.338 e. The molecule has 0 aliphatic rings. The Labute approximate surface area is 150 Å². The Morgan fingerprint density at radius 3 is 2.35 bits per heavy atom. The van der Waals surface area contributed by atoms with Crippen molar-refractivity contribution in [3.63, 3.8) is 0 Å². The van der Waals surface area contributed by atoms with Gasteiger partial charge in [0.2, 0.25) is 0 Å². The van der Waals surface area contributed by atoms with Crippen molar-refractivity contribution >= 4 is 33.3 Å². The smallest absolute Gasteiger partial charge is 0.160 e. The fourth-order valence-electron chi connectivity index (χ4n) is 3.22. The number of rotatable bonds is 3. The third-order valence-corrected chi connectivity index (χ3v) is 4.51. The zero-order valence-electron chi connectivity index (χ0n) is 14.0. The van der Waals surface area contributed by atoms with Gasteiger partial charge in [-0.2, -0.15) is 5.10 Å². The number of anilines is 2. The summed E-state index contributed by atoms with van der Waals surface area (Å²) in [6, 6.07) is 28.6. The lowest BCUT2D eigenvalue weighted by Gasteiger charge is -2.11. The van der Waals surface area contributed by atoms with Gasteiger partial charge in [-0.25, -0.2) is 4.98 Å². The number of hydrogen-bond acceptors (Lipinski definition) is 3. The molecule has 0 saturated carbocycles. The van der Waals surface area contributed by atoms with Crippen LogP contribution >= 0.6 is 0 Å². The molecule has 0 bridgehead atoms. The van der Waals surface area contributed by atoms with Crippen LogP contribution in [0.2, 0.25) is 0 Å². The van der Waals surface area contributed by atoms with Gasteiger partial charge in [-0.3, -0.25) is 5.10 Å². The molecule has 0 unspecified atom stereocenters. The first-order valence-corrected chi connectivity index (χ1v) is 8.54. The zero-order valence-corrected chi connectivity index (χ0v) is 14.0. The summed E-state index contributed by atoms with van der Waals surface area (Å²) >= 11 is 0. The summed E-state index contributed by atoms with van der Waals surface area (Å²) in [7, 11) is 0. The highest BCUT2D eigenvalue weighted by Crippen LogP contribution is 2.31. The van der Waals surface area contributed by atoms with Gasteiger partial charge < -0.3 is 5.32 Å². The molecule has 5 aromatic rings. The van der Waals surface area contributed by atoms with E-state index >= 15 is 0 Å². The van der Waals surface area contributed by atoms with E-state index in [0.29, 0.717) is 0 Å². The quantitative estimate of drug-likeness (QED) is 0.456. The third kappa shape index (κ3) is 2.48. The Kier molecular flexibility index (Phi) is 3.39. The molecule has 0 saturated heterocycles. The molecule has 0 atom stereocenters. The van der Waals surface area contributed by atoms with Gasteiger partial charge in [0.1, 0.15) is 0 Å². The van der Waals surface area contributed by atoms with Crippen LogP contribution in [0.15, 0.2) is 84.9 Å². The molecule has 0 fully saturated rings. The number of nitrogens with zero attached hydrogens (tertiary/aromatic N) is 2. The number of aromatic amines is 1. The molecule has 26 heavy (non-hydrogen) atoms. The predicted molar refractivity (Wildman–Crippen MR) is 107 cm³/mol. The minimum Gasteiger partial charge on any atom is -0.338 e. The summed E-state index contributed by atoms with van der Waals surface area (Å²) in [5.41, 5.74) is 4.99. The number of para-hydroxylation sites is 2. The predicted octanol–water partition coefficient (Wildman–Crippen LogP) is 5.52. The molecule has 0 amide bonds. The van der Waals surface area contributed by atoms with Gasteiger partial charge in [0, 0.05) is 16.3 Å². The second-order valence-corrected chi connectivity index (χ2v) is 6.18. The van der Waals surface area contributed by atoms with Crippen LogP contribution in [0.25, 0.3) is 33.1 Å². The van der Waals surface area contributed by atoms with Crippen LogP contribution in [0.5, 0.6) is 0 Å². The molecule has 0 spiro atoms. The van der Waals surface area contributed by atoms with Gasteiger partial charge in [0.15, 0.2) is 5.82 Å². The Hall–Kier alpha value is -3.66. The molecule has 0 aliphatic heterocycles. The Balaban J connectivity index is 1.68. The van der Waals surface area contributed by atoms with E-state index in [1.54, 1.807) is 0 Å². The molecule has 3 aromatic carbocycles. The van der Waals surface area contributed by atoms with Gasteiger partial charge in [0.25, 0.3) is 0 Å². The highest BCUT2D eigenvalue weighted by molar-refractivity contribution is 5.98. The molecule has 4 nitrogen and oxygen atoms in total. The second kappa shape index (κ2) is 6.01. The minimum atomic E-state index is 0.816. The fraction of sp³-hybridized carbons (Fsp3) is 0. The van der Waals surface area contributed by atoms with Crippen molar-refractivity contribution in [2.24, 2.45) is 0 Å². The van der Waals surface area contributed by atoms with Gasteiger partial charge in [0.05, 0.1) is 22.4 Å². The first-order valence-electron chi connectivity index (χ1n) is 8.54. The van der Waals surface area contributed by atoms with Crippen molar-refractivity contribution in [3.05, 3.63) is 84.9 Å². The highest BCUT2D eigenvalue weighted by atomic mass is 15.2. The van der Waals surface area contributed by atoms with E-state index in [4.69, 9.17) is 4.98 Å². The third-order valence-electron chi connectivity index (χ3n) is 4.51. The Morgan fingerprint density at radius 2 is 1.46 bits per heavy atom. The molecule has 0 aliphatic carbocycles. The van der Waals surface area contributed by atoms with Crippen LogP contribution in [-0.4, -0.2) is 15.2 Å². The summed E-state index contributed by atoms with van der Waals surface area (Å²) in [6.07, 6.45) is 0. The minimum absolute atomic E-state index is 0.816. The standard InChI is InChI=1S/C22H16N4/c1-2-8-15(9-3-1)20-14-21(16-10-4-6-12-18(16)23-20)24-22-17-11-5-7-13-19(17)25-26-22/h1-14H,(H2,23,24,25,26). The van der Waals surface area contributed by atoms with Gasteiger partial charge >= 0.3 is 0 Å². The van der Waals surface area contributed by atoms with Crippen LogP contribution in [0.1, 0.15) is 0 Å². The van der Waals surface area contributed by atoms with Crippen molar-refractivity contribution in [1.82, 2.24) is 15.2 Å². The summed E-state index contributed by atoms with van der Waals surface area (Å²) in [6.45, 7) is 0. The maximum atomic E-state index is 4.83. The molecule has 0 radical (unpaired) electrons. The van der Waals surface area contributed by atoms with Gasteiger partial charge in [-0.15, -0.1) is 0 Å². The number of hydrogen-bond donors (Lipinski definition) is 2. The van der Waals surface area contributed by atoms with Crippen LogP contribution < -0.4 is 5.32 Å². The molecule has 2 aromatic heterocycles. The molecule has 5 rings (SSSR count). The lowest BCUT2D eigenvalue weighted by molar-refractivity contribution is 1.12. The Morgan fingerprint density at radius 1 is 0.731 bits per heavy atom. The van der Waals surface area contributed by atoms with Crippen molar-refractivity contribution in [2.45, 2.75) is 0 Å². The van der Waals surface area contributed by atoms with Crippen molar-refractivity contribution in [1.29, 1.82) is 0 Å². The summed E-state index contributed by atoms with van der Waals surface area (Å²) in [5.74, 6) is 0.816. The molecule has 2 N–H and O–H groups in total. The number of pyridine rings is 1. The lowest BCUT2D eigenvalue weighted by Crippen LogP contribution is -1.95. The average molecular weight is 336 g/mol. The summed E-state index contributed by atoms with van der Waals surface area (Å²) in [4.78, 5) is 4.83. The number of benzene rings is 3. The van der Waals surface area contributed by atoms with Crippen LogP contribution in [0.3, 0.4) is 0 Å². The topological polar surface area (TPSA) is 53.6 Å². The number of H-pyrrole nitrogens is 1. The monoisotopic (exact) mass is 336 g/mol. The second-order valence-electron chi connectivity index (χ2n) is 6.18. The number of aromatic nitrogens is 3. The number of nitrogens with one attached hydrogen (secondary N) is 2. The molecule has 2 heterocycles. The SMILES string of the molecule is c1ccc(-c2cc(Nc3n[nH]c4ccccc34)c3ccccc3n2)cc1. The lowest BCUT2D eigenvalue weighted by atomic mass is 10.1. The van der Waals surface area contributed by atoms with Crippen molar-refractivity contribution < 1.29 is 0 Å². The Bertz CT molecular complexity index is 1210. The highest BCUT2D eigenvalue weighted by Gasteiger charge is 2.10. The molecular formula is C22H16N4. The first kappa shape index (κ1) is 14.7. The van der Waals surface area contributed by atoms with E-state index in [0.717, 1.165) is 44.6 Å². The van der Waals surface area contributed by atoms with E-state index in [1.165, 1.54) is 0 Å². The van der Waals surface area contributed by atoms with Crippen LogP contribution in [0.4, 0.5) is 11.5 Å². The summed E-state index contributed by atoms with van der Waals surface area (Å²) in [5, 5.41) is 13.1. The van der Waals surface area contributed by atoms with Crippen LogP contribution in [0, 0.1) is 0 Å². The van der Waals surface area contributed by atoms with E-state index in [1.807, 2.05) is 54.6 Å². The molecule has 4 heteroatoms.